The zero-order valence-electron chi connectivity index (χ0n) is 13.6. The Bertz CT molecular complexity index is 981. The molecule has 0 saturated carbocycles. The van der Waals surface area contributed by atoms with Crippen molar-refractivity contribution in [2.45, 2.75) is 20.4 Å². The molecule has 116 valence electrons. The van der Waals surface area contributed by atoms with E-state index in [1.807, 2.05) is 35.9 Å². The topological polar surface area (TPSA) is 54.5 Å². The highest BCUT2D eigenvalue weighted by atomic mass is 15.1. The van der Waals surface area contributed by atoms with Gasteiger partial charge in [-0.2, -0.15) is 5.26 Å². The van der Waals surface area contributed by atoms with Crippen LogP contribution in [0.15, 0.2) is 48.8 Å². The quantitative estimate of drug-likeness (QED) is 0.683. The number of nitriles is 1. The minimum absolute atomic E-state index is 0.606. The van der Waals surface area contributed by atoms with Gasteiger partial charge >= 0.3 is 0 Å². The van der Waals surface area contributed by atoms with E-state index in [1.54, 1.807) is 18.3 Å². The van der Waals surface area contributed by atoms with Crippen LogP contribution in [0.1, 0.15) is 33.9 Å². The number of pyridine rings is 1. The van der Waals surface area contributed by atoms with E-state index in [4.69, 9.17) is 5.26 Å². The van der Waals surface area contributed by atoms with E-state index >= 15 is 0 Å². The largest absolute Gasteiger partial charge is 0.328 e. The number of hydrogen-bond donors (Lipinski definition) is 0. The van der Waals surface area contributed by atoms with E-state index in [-0.39, 0.29) is 0 Å². The second-order valence-corrected chi connectivity index (χ2v) is 5.51. The Labute approximate surface area is 141 Å². The van der Waals surface area contributed by atoms with E-state index in [0.29, 0.717) is 17.8 Å². The summed E-state index contributed by atoms with van der Waals surface area (Å²) in [6.45, 7) is 4.69. The highest BCUT2D eigenvalue weighted by Gasteiger charge is 2.05. The van der Waals surface area contributed by atoms with Crippen molar-refractivity contribution in [3.63, 3.8) is 0 Å². The van der Waals surface area contributed by atoms with Gasteiger partial charge in [0.05, 0.1) is 23.9 Å². The summed E-state index contributed by atoms with van der Waals surface area (Å²) >= 11 is 0. The maximum absolute atomic E-state index is 8.93. The summed E-state index contributed by atoms with van der Waals surface area (Å²) in [6, 6.07) is 13.4. The standard InChI is InChI=1S/C20H16N4/c1-15-5-4-10-22-20(15)14-24-13-19(23-16(24)2)9-8-17-6-3-7-18(11-17)12-21/h3-7,10-11,13H,14H2,1-2H3. The van der Waals surface area contributed by atoms with Gasteiger partial charge in [-0.1, -0.05) is 18.1 Å². The molecule has 3 aromatic rings. The van der Waals surface area contributed by atoms with Crippen LogP contribution in [-0.4, -0.2) is 14.5 Å². The van der Waals surface area contributed by atoms with Gasteiger partial charge in [-0.3, -0.25) is 4.98 Å². The summed E-state index contributed by atoms with van der Waals surface area (Å²) in [5.74, 6) is 7.02. The lowest BCUT2D eigenvalue weighted by Gasteiger charge is -2.06. The molecule has 0 bridgehead atoms. The molecule has 1 aromatic carbocycles. The van der Waals surface area contributed by atoms with Crippen molar-refractivity contribution < 1.29 is 0 Å². The average molecular weight is 312 g/mol. The van der Waals surface area contributed by atoms with Gasteiger partial charge in [0.2, 0.25) is 0 Å². The molecular formula is C20H16N4. The molecule has 2 heterocycles. The normalized spacial score (nSPS) is 9.88. The molecule has 0 radical (unpaired) electrons. The van der Waals surface area contributed by atoms with Crippen molar-refractivity contribution in [2.24, 2.45) is 0 Å². The number of benzene rings is 1. The molecule has 0 saturated heterocycles. The number of aromatic nitrogens is 3. The van der Waals surface area contributed by atoms with Crippen LogP contribution in [0, 0.1) is 37.0 Å². The van der Waals surface area contributed by atoms with Gasteiger partial charge in [-0.05, 0) is 49.6 Å². The van der Waals surface area contributed by atoms with Gasteiger partial charge in [0, 0.05) is 18.0 Å². The van der Waals surface area contributed by atoms with Gasteiger partial charge in [0.15, 0.2) is 0 Å². The third-order valence-electron chi connectivity index (χ3n) is 3.74. The summed E-state index contributed by atoms with van der Waals surface area (Å²) in [6.07, 6.45) is 3.74. The van der Waals surface area contributed by atoms with E-state index in [0.717, 1.165) is 22.6 Å². The van der Waals surface area contributed by atoms with Gasteiger partial charge < -0.3 is 4.57 Å². The maximum Gasteiger partial charge on any atom is 0.131 e. The predicted octanol–water partition coefficient (Wildman–Crippen LogP) is 3.21. The third kappa shape index (κ3) is 3.51. The molecule has 0 N–H and O–H groups in total. The summed E-state index contributed by atoms with van der Waals surface area (Å²) in [5.41, 5.74) is 4.31. The molecule has 0 aliphatic heterocycles. The van der Waals surface area contributed by atoms with Crippen molar-refractivity contribution in [3.05, 3.63) is 82.7 Å². The van der Waals surface area contributed by atoms with E-state index in [9.17, 15) is 0 Å². The number of imidazole rings is 1. The van der Waals surface area contributed by atoms with Crippen LogP contribution in [0.3, 0.4) is 0 Å². The van der Waals surface area contributed by atoms with Crippen molar-refractivity contribution in [1.82, 2.24) is 14.5 Å². The Balaban J connectivity index is 1.84. The highest BCUT2D eigenvalue weighted by Crippen LogP contribution is 2.09. The van der Waals surface area contributed by atoms with E-state index < -0.39 is 0 Å². The fourth-order valence-corrected chi connectivity index (χ4v) is 2.38. The van der Waals surface area contributed by atoms with E-state index in [1.165, 1.54) is 0 Å². The molecule has 4 nitrogen and oxygen atoms in total. The lowest BCUT2D eigenvalue weighted by atomic mass is 10.1. The summed E-state index contributed by atoms with van der Waals surface area (Å²) in [5, 5.41) is 8.93. The second kappa shape index (κ2) is 6.81. The number of aryl methyl sites for hydroxylation is 2. The van der Waals surface area contributed by atoms with Gasteiger partial charge in [-0.25, -0.2) is 4.98 Å². The first-order chi connectivity index (χ1) is 11.7. The van der Waals surface area contributed by atoms with Crippen molar-refractivity contribution in [2.75, 3.05) is 0 Å². The van der Waals surface area contributed by atoms with Gasteiger partial charge in [0.25, 0.3) is 0 Å². The molecule has 0 fully saturated rings. The van der Waals surface area contributed by atoms with Crippen LogP contribution < -0.4 is 0 Å². The molecule has 0 aliphatic rings. The zero-order valence-corrected chi connectivity index (χ0v) is 13.6. The summed E-state index contributed by atoms with van der Waals surface area (Å²) in [4.78, 5) is 8.91. The summed E-state index contributed by atoms with van der Waals surface area (Å²) < 4.78 is 2.05. The van der Waals surface area contributed by atoms with Crippen LogP contribution in [0.25, 0.3) is 0 Å². The molecule has 0 aliphatic carbocycles. The molecule has 24 heavy (non-hydrogen) atoms. The monoisotopic (exact) mass is 312 g/mol. The fraction of sp³-hybridized carbons (Fsp3) is 0.150. The number of nitrogens with zero attached hydrogens (tertiary/aromatic N) is 4. The molecule has 0 unspecified atom stereocenters. The minimum Gasteiger partial charge on any atom is -0.328 e. The molecule has 0 atom stereocenters. The number of hydrogen-bond acceptors (Lipinski definition) is 3. The maximum atomic E-state index is 8.93. The van der Waals surface area contributed by atoms with Crippen molar-refractivity contribution in [1.29, 1.82) is 5.26 Å². The van der Waals surface area contributed by atoms with Crippen LogP contribution in [0.4, 0.5) is 0 Å². The average Bonchev–Trinajstić information content (AvgIpc) is 2.95. The SMILES string of the molecule is Cc1cccnc1Cn1cc(C#Cc2cccc(C#N)c2)nc1C. The predicted molar refractivity (Wildman–Crippen MR) is 92.2 cm³/mol. The number of rotatable bonds is 2. The Morgan fingerprint density at radius 1 is 1.08 bits per heavy atom. The minimum atomic E-state index is 0.606. The Morgan fingerprint density at radius 3 is 2.71 bits per heavy atom. The molecule has 4 heteroatoms. The molecule has 0 amide bonds. The van der Waals surface area contributed by atoms with Crippen molar-refractivity contribution >= 4 is 0 Å². The Hall–Kier alpha value is -3.37. The zero-order chi connectivity index (χ0) is 16.9. The van der Waals surface area contributed by atoms with Gasteiger partial charge in [0.1, 0.15) is 11.5 Å². The lowest BCUT2D eigenvalue weighted by Crippen LogP contribution is -2.04. The molecule has 3 rings (SSSR count). The molecular weight excluding hydrogens is 296 g/mol. The first kappa shape index (κ1) is 15.5. The highest BCUT2D eigenvalue weighted by molar-refractivity contribution is 5.44. The smallest absolute Gasteiger partial charge is 0.131 e. The molecule has 0 spiro atoms. The third-order valence-corrected chi connectivity index (χ3v) is 3.74. The fourth-order valence-electron chi connectivity index (χ4n) is 2.38. The van der Waals surface area contributed by atoms with Crippen molar-refractivity contribution in [3.8, 4) is 17.9 Å². The van der Waals surface area contributed by atoms with Crippen LogP contribution in [-0.2, 0) is 6.54 Å². The van der Waals surface area contributed by atoms with Gasteiger partial charge in [-0.15, -0.1) is 0 Å². The van der Waals surface area contributed by atoms with E-state index in [2.05, 4.69) is 40.9 Å². The molecule has 2 aromatic heterocycles. The van der Waals surface area contributed by atoms with Crippen LogP contribution in [0.2, 0.25) is 0 Å². The van der Waals surface area contributed by atoms with Crippen LogP contribution >= 0.6 is 0 Å². The van der Waals surface area contributed by atoms with Crippen LogP contribution in [0.5, 0.6) is 0 Å². The Kier molecular flexibility index (Phi) is 4.40. The first-order valence-corrected chi connectivity index (χ1v) is 7.62. The first-order valence-electron chi connectivity index (χ1n) is 7.62. The summed E-state index contributed by atoms with van der Waals surface area (Å²) in [7, 11) is 0. The second-order valence-electron chi connectivity index (χ2n) is 5.51. The lowest BCUT2D eigenvalue weighted by molar-refractivity contribution is 0.737. The Morgan fingerprint density at radius 2 is 1.92 bits per heavy atom.